The third-order valence-corrected chi connectivity index (χ3v) is 5.30. The van der Waals surface area contributed by atoms with Crippen LogP contribution in [-0.2, 0) is 23.9 Å². The molecule has 1 aromatic rings. The van der Waals surface area contributed by atoms with Crippen molar-refractivity contribution in [2.45, 2.75) is 70.8 Å². The van der Waals surface area contributed by atoms with Gasteiger partial charge in [0.25, 0.3) is 0 Å². The Bertz CT molecular complexity index is 733. The first-order chi connectivity index (χ1) is 15.5. The molecule has 0 aromatic heterocycles. The molecule has 176 valence electrons. The van der Waals surface area contributed by atoms with Crippen molar-refractivity contribution in [3.8, 4) is 11.5 Å². The van der Waals surface area contributed by atoms with E-state index in [0.29, 0.717) is 50.9 Å². The second kappa shape index (κ2) is 14.3. The van der Waals surface area contributed by atoms with Gasteiger partial charge in [0.05, 0.1) is 19.1 Å². The average molecular weight is 447 g/mol. The number of benzene rings is 1. The minimum atomic E-state index is -0.462. The molecule has 1 aliphatic carbocycles. The monoisotopic (exact) mass is 446 g/mol. The van der Waals surface area contributed by atoms with Crippen LogP contribution in [0.5, 0.6) is 11.5 Å². The van der Waals surface area contributed by atoms with Crippen LogP contribution in [0.15, 0.2) is 36.9 Å². The first-order valence-corrected chi connectivity index (χ1v) is 11.4. The second-order valence-corrected chi connectivity index (χ2v) is 7.89. The summed E-state index contributed by atoms with van der Waals surface area (Å²) in [4.78, 5) is 35.4. The van der Waals surface area contributed by atoms with Crippen LogP contribution in [0.1, 0.15) is 64.7 Å². The second-order valence-electron chi connectivity index (χ2n) is 7.89. The van der Waals surface area contributed by atoms with E-state index in [1.54, 1.807) is 24.3 Å². The zero-order valence-corrected chi connectivity index (χ0v) is 18.9. The fourth-order valence-corrected chi connectivity index (χ4v) is 3.40. The maximum Gasteiger partial charge on any atom is 0.330 e. The summed E-state index contributed by atoms with van der Waals surface area (Å²) in [6, 6.07) is 7.09. The third-order valence-electron chi connectivity index (χ3n) is 5.30. The maximum atomic E-state index is 12.5. The molecule has 2 rings (SSSR count). The lowest BCUT2D eigenvalue weighted by Gasteiger charge is -2.27. The number of hydrogen-bond acceptors (Lipinski definition) is 7. The molecule has 1 aliphatic rings. The van der Waals surface area contributed by atoms with E-state index in [1.807, 2.05) is 0 Å². The summed E-state index contributed by atoms with van der Waals surface area (Å²) in [7, 11) is 0. The van der Waals surface area contributed by atoms with E-state index in [0.717, 1.165) is 24.7 Å². The molecule has 0 N–H and O–H groups in total. The topological polar surface area (TPSA) is 88.1 Å². The van der Waals surface area contributed by atoms with Crippen molar-refractivity contribution in [2.24, 2.45) is 5.92 Å². The van der Waals surface area contributed by atoms with Crippen LogP contribution in [-0.4, -0.2) is 37.2 Å². The van der Waals surface area contributed by atoms with Crippen molar-refractivity contribution in [1.82, 2.24) is 0 Å². The minimum absolute atomic E-state index is 0.162. The lowest BCUT2D eigenvalue weighted by Crippen LogP contribution is -2.30. The Kier molecular flexibility index (Phi) is 11.3. The molecule has 0 unspecified atom stereocenters. The van der Waals surface area contributed by atoms with Crippen LogP contribution in [0.25, 0.3) is 0 Å². The van der Waals surface area contributed by atoms with Crippen LogP contribution < -0.4 is 9.47 Å². The van der Waals surface area contributed by atoms with Gasteiger partial charge < -0.3 is 18.9 Å². The summed E-state index contributed by atoms with van der Waals surface area (Å²) in [6.07, 6.45) is 7.05. The molecule has 1 aromatic carbocycles. The van der Waals surface area contributed by atoms with Gasteiger partial charge in [0.1, 0.15) is 17.6 Å². The highest BCUT2D eigenvalue weighted by Crippen LogP contribution is 2.28. The first kappa shape index (κ1) is 25.4. The van der Waals surface area contributed by atoms with Crippen molar-refractivity contribution in [2.75, 3.05) is 13.2 Å². The molecule has 0 amide bonds. The van der Waals surface area contributed by atoms with Gasteiger partial charge in [0.15, 0.2) is 0 Å². The van der Waals surface area contributed by atoms with E-state index >= 15 is 0 Å². The van der Waals surface area contributed by atoms with E-state index in [9.17, 15) is 14.4 Å². The van der Waals surface area contributed by atoms with Crippen LogP contribution in [0.2, 0.25) is 0 Å². The quantitative estimate of drug-likeness (QED) is 0.187. The van der Waals surface area contributed by atoms with Gasteiger partial charge in [0, 0.05) is 12.5 Å². The largest absolute Gasteiger partial charge is 0.494 e. The Balaban J connectivity index is 1.62. The predicted molar refractivity (Wildman–Crippen MR) is 119 cm³/mol. The fraction of sp³-hybridized carbons (Fsp3) is 0.560. The summed E-state index contributed by atoms with van der Waals surface area (Å²) in [5, 5.41) is 0. The van der Waals surface area contributed by atoms with Crippen molar-refractivity contribution < 1.29 is 33.3 Å². The molecule has 0 heterocycles. The number of ether oxygens (including phenoxy) is 4. The Labute approximate surface area is 190 Å². The Morgan fingerprint density at radius 3 is 2.31 bits per heavy atom. The highest BCUT2D eigenvalue weighted by molar-refractivity contribution is 5.81. The van der Waals surface area contributed by atoms with Crippen molar-refractivity contribution in [1.29, 1.82) is 0 Å². The number of hydrogen-bond donors (Lipinski definition) is 0. The van der Waals surface area contributed by atoms with Crippen LogP contribution >= 0.6 is 0 Å². The molecule has 1 fully saturated rings. The highest BCUT2D eigenvalue weighted by atomic mass is 16.5. The molecular formula is C25H34O7. The Morgan fingerprint density at radius 1 is 0.969 bits per heavy atom. The van der Waals surface area contributed by atoms with E-state index in [1.165, 1.54) is 0 Å². The van der Waals surface area contributed by atoms with Crippen molar-refractivity contribution in [3.05, 3.63) is 36.9 Å². The first-order valence-electron chi connectivity index (χ1n) is 11.4. The van der Waals surface area contributed by atoms with E-state index in [4.69, 9.17) is 18.9 Å². The molecule has 0 radical (unpaired) electrons. The highest BCUT2D eigenvalue weighted by Gasteiger charge is 2.29. The van der Waals surface area contributed by atoms with Gasteiger partial charge in [0.2, 0.25) is 0 Å². The summed E-state index contributed by atoms with van der Waals surface area (Å²) in [6.45, 7) is 6.37. The van der Waals surface area contributed by atoms with Crippen molar-refractivity contribution >= 4 is 17.9 Å². The minimum Gasteiger partial charge on any atom is -0.494 e. The van der Waals surface area contributed by atoms with E-state index < -0.39 is 5.97 Å². The molecule has 0 aliphatic heterocycles. The average Bonchev–Trinajstić information content (AvgIpc) is 2.80. The molecule has 7 heteroatoms. The number of unbranched alkanes of at least 4 members (excludes halogenated alkanes) is 2. The van der Waals surface area contributed by atoms with Gasteiger partial charge in [-0.25, -0.2) is 4.79 Å². The Morgan fingerprint density at radius 2 is 1.66 bits per heavy atom. The van der Waals surface area contributed by atoms with E-state index in [-0.39, 0.29) is 37.0 Å². The third kappa shape index (κ3) is 9.54. The lowest BCUT2D eigenvalue weighted by atomic mass is 9.87. The lowest BCUT2D eigenvalue weighted by molar-refractivity contribution is -0.152. The summed E-state index contributed by atoms with van der Waals surface area (Å²) in [5.41, 5.74) is 0. The van der Waals surface area contributed by atoms with Crippen LogP contribution in [0.3, 0.4) is 0 Å². The normalized spacial score (nSPS) is 17.8. The van der Waals surface area contributed by atoms with E-state index in [2.05, 4.69) is 13.5 Å². The number of rotatable bonds is 13. The molecule has 7 nitrogen and oxygen atoms in total. The van der Waals surface area contributed by atoms with Crippen molar-refractivity contribution in [3.63, 3.8) is 0 Å². The zero-order valence-electron chi connectivity index (χ0n) is 18.9. The van der Waals surface area contributed by atoms with Gasteiger partial charge in [-0.1, -0.05) is 19.9 Å². The number of carbonyl (C=O) groups is 3. The number of carbonyl (C=O) groups excluding carboxylic acids is 3. The van der Waals surface area contributed by atoms with Crippen LogP contribution in [0, 0.1) is 5.92 Å². The number of esters is 3. The maximum absolute atomic E-state index is 12.5. The summed E-state index contributed by atoms with van der Waals surface area (Å²) in [5.74, 6) is 0.112. The summed E-state index contributed by atoms with van der Waals surface area (Å²) < 4.78 is 21.5. The molecular weight excluding hydrogens is 412 g/mol. The van der Waals surface area contributed by atoms with Gasteiger partial charge in [-0.05, 0) is 69.2 Å². The summed E-state index contributed by atoms with van der Waals surface area (Å²) >= 11 is 0. The van der Waals surface area contributed by atoms with Gasteiger partial charge in [-0.15, -0.1) is 0 Å². The molecule has 0 spiro atoms. The zero-order chi connectivity index (χ0) is 23.2. The SMILES string of the molecule is C=CC(=O)OCCCCC(=O)OC1CCC(C(=O)Oc2ccc(OCCCC)cc2)CC1. The smallest absolute Gasteiger partial charge is 0.330 e. The fourth-order valence-electron chi connectivity index (χ4n) is 3.40. The molecule has 0 bridgehead atoms. The van der Waals surface area contributed by atoms with Gasteiger partial charge >= 0.3 is 17.9 Å². The van der Waals surface area contributed by atoms with Gasteiger partial charge in [-0.2, -0.15) is 0 Å². The predicted octanol–water partition coefficient (Wildman–Crippen LogP) is 4.77. The molecule has 0 atom stereocenters. The van der Waals surface area contributed by atoms with Gasteiger partial charge in [-0.3, -0.25) is 9.59 Å². The molecule has 1 saturated carbocycles. The standard InChI is InChI=1S/C25H34O7/c1-3-5-17-29-20-13-15-22(16-14-20)32-25(28)19-9-11-21(12-10-19)31-24(27)8-6-7-18-30-23(26)4-2/h4,13-16,19,21H,2-3,5-12,17-18H2,1H3. The van der Waals surface area contributed by atoms with Crippen LogP contribution in [0.4, 0.5) is 0 Å². The Hall–Kier alpha value is -2.83. The molecule has 0 saturated heterocycles. The molecule has 32 heavy (non-hydrogen) atoms.